The third-order valence-corrected chi connectivity index (χ3v) is 12.6. The Bertz CT molecular complexity index is 1820. The van der Waals surface area contributed by atoms with Gasteiger partial charge in [0.05, 0.1) is 30.8 Å². The quantitative estimate of drug-likeness (QED) is 0.0551. The Labute approximate surface area is 331 Å². The van der Waals surface area contributed by atoms with Crippen molar-refractivity contribution in [2.45, 2.75) is 112 Å². The van der Waals surface area contributed by atoms with Crippen LogP contribution in [0.4, 0.5) is 31.1 Å². The van der Waals surface area contributed by atoms with E-state index < -0.39 is 41.6 Å². The van der Waals surface area contributed by atoms with Gasteiger partial charge in [0.25, 0.3) is 0 Å². The molecule has 6 atom stereocenters. The van der Waals surface area contributed by atoms with Crippen LogP contribution in [0.5, 0.6) is 0 Å². The number of carbonyl (C=O) groups is 3. The number of methoxy groups -OCH3 is 1. The molecule has 2 aromatic carbocycles. The maximum absolute atomic E-state index is 13.8. The molecular formula is C40H46F6N6O4S. The second-order valence-electron chi connectivity index (χ2n) is 14.9. The SMILES string of the molecule is COC(=O)CC1CCN(C(C#CCCCCNC(=O)CCCC[C@@H]2SC[C@@H]3NC(=O)N[C@@H]32)c2ccc(C3(C(F)(F)F)N=N3)cc2)C(c2ccc(C(F)(F)F)cc2)C1. The van der Waals surface area contributed by atoms with Crippen molar-refractivity contribution in [2.24, 2.45) is 16.1 Å². The van der Waals surface area contributed by atoms with Gasteiger partial charge in [-0.2, -0.15) is 38.1 Å². The lowest BCUT2D eigenvalue weighted by atomic mass is 9.83. The van der Waals surface area contributed by atoms with E-state index in [0.29, 0.717) is 68.0 Å². The maximum Gasteiger partial charge on any atom is 0.442 e. The Morgan fingerprint density at radius 1 is 1.02 bits per heavy atom. The van der Waals surface area contributed by atoms with Gasteiger partial charge in [0.1, 0.15) is 0 Å². The predicted octanol–water partition coefficient (Wildman–Crippen LogP) is 7.96. The van der Waals surface area contributed by atoms with Crippen LogP contribution in [0.1, 0.15) is 98.5 Å². The summed E-state index contributed by atoms with van der Waals surface area (Å²) in [4.78, 5) is 38.3. The molecule has 0 radical (unpaired) electrons. The van der Waals surface area contributed by atoms with Crippen LogP contribution in [0, 0.1) is 17.8 Å². The van der Waals surface area contributed by atoms with E-state index in [-0.39, 0.29) is 41.9 Å². The molecule has 3 fully saturated rings. The zero-order chi connectivity index (χ0) is 40.8. The summed E-state index contributed by atoms with van der Waals surface area (Å²) >= 11 is 1.85. The van der Waals surface area contributed by atoms with Crippen molar-refractivity contribution in [1.82, 2.24) is 20.9 Å². The highest BCUT2D eigenvalue weighted by Crippen LogP contribution is 2.52. The summed E-state index contributed by atoms with van der Waals surface area (Å²) in [7, 11) is 1.29. The summed E-state index contributed by atoms with van der Waals surface area (Å²) in [5, 5.41) is 15.8. The number of carbonyl (C=O) groups excluding carboxylic acids is 3. The van der Waals surface area contributed by atoms with E-state index in [2.05, 4.69) is 38.0 Å². The predicted molar refractivity (Wildman–Crippen MR) is 201 cm³/mol. The number of piperidine rings is 1. The van der Waals surface area contributed by atoms with Gasteiger partial charge in [-0.15, -0.1) is 16.1 Å². The van der Waals surface area contributed by atoms with Gasteiger partial charge in [0, 0.05) is 55.0 Å². The van der Waals surface area contributed by atoms with E-state index >= 15 is 0 Å². The smallest absolute Gasteiger partial charge is 0.442 e. The fourth-order valence-corrected chi connectivity index (χ4v) is 9.43. The number of esters is 1. The average molecular weight is 821 g/mol. The molecule has 3 amide bonds. The number of nitrogens with one attached hydrogen (secondary N) is 3. The van der Waals surface area contributed by atoms with Crippen molar-refractivity contribution in [3.63, 3.8) is 0 Å². The van der Waals surface area contributed by atoms with Crippen molar-refractivity contribution in [2.75, 3.05) is 26.0 Å². The first-order chi connectivity index (χ1) is 27.2. The molecule has 3 N–H and O–H groups in total. The minimum Gasteiger partial charge on any atom is -0.469 e. The minimum absolute atomic E-state index is 0.0265. The van der Waals surface area contributed by atoms with Crippen LogP contribution in [0.2, 0.25) is 0 Å². The maximum atomic E-state index is 13.8. The first-order valence-electron chi connectivity index (χ1n) is 19.2. The molecule has 10 nitrogen and oxygen atoms in total. The third kappa shape index (κ3) is 10.4. The number of alkyl halides is 6. The van der Waals surface area contributed by atoms with Crippen LogP contribution in [0.15, 0.2) is 58.8 Å². The summed E-state index contributed by atoms with van der Waals surface area (Å²) in [5.74, 6) is 6.87. The number of halogens is 6. The van der Waals surface area contributed by atoms with E-state index in [0.717, 1.165) is 37.1 Å². The van der Waals surface area contributed by atoms with E-state index in [4.69, 9.17) is 4.74 Å². The van der Waals surface area contributed by atoms with E-state index in [1.54, 1.807) is 12.1 Å². The summed E-state index contributed by atoms with van der Waals surface area (Å²) < 4.78 is 86.6. The molecule has 6 rings (SSSR count). The van der Waals surface area contributed by atoms with Crippen molar-refractivity contribution in [1.29, 1.82) is 0 Å². The molecule has 17 heteroatoms. The lowest BCUT2D eigenvalue weighted by Crippen LogP contribution is -2.39. The fourth-order valence-electron chi connectivity index (χ4n) is 7.89. The second-order valence-corrected chi connectivity index (χ2v) is 16.2. The largest absolute Gasteiger partial charge is 0.469 e. The molecule has 57 heavy (non-hydrogen) atoms. The van der Waals surface area contributed by atoms with Gasteiger partial charge in [-0.1, -0.05) is 48.7 Å². The second kappa shape index (κ2) is 18.1. The summed E-state index contributed by atoms with van der Waals surface area (Å²) in [6.45, 7) is 0.887. The number of rotatable bonds is 15. The molecule has 0 bridgehead atoms. The highest BCUT2D eigenvalue weighted by molar-refractivity contribution is 8.00. The summed E-state index contributed by atoms with van der Waals surface area (Å²) in [5.41, 5.74) is -2.34. The van der Waals surface area contributed by atoms with Gasteiger partial charge < -0.3 is 20.7 Å². The Morgan fingerprint density at radius 2 is 1.75 bits per heavy atom. The van der Waals surface area contributed by atoms with Crippen LogP contribution < -0.4 is 16.0 Å². The molecule has 0 saturated carbocycles. The van der Waals surface area contributed by atoms with E-state index in [1.807, 2.05) is 16.7 Å². The number of amides is 3. The summed E-state index contributed by atoms with van der Waals surface area (Å²) in [6, 6.07) is 9.74. The van der Waals surface area contributed by atoms with Crippen molar-refractivity contribution in [3.05, 3.63) is 70.8 Å². The molecule has 4 aliphatic heterocycles. The highest BCUT2D eigenvalue weighted by Gasteiger charge is 2.65. The molecule has 4 heterocycles. The lowest BCUT2D eigenvalue weighted by Gasteiger charge is -2.42. The number of hydrogen-bond donors (Lipinski definition) is 3. The van der Waals surface area contributed by atoms with Crippen LogP contribution in [0.3, 0.4) is 0 Å². The molecular weight excluding hydrogens is 775 g/mol. The Balaban J connectivity index is 1.09. The zero-order valence-corrected chi connectivity index (χ0v) is 32.2. The Morgan fingerprint density at radius 3 is 2.42 bits per heavy atom. The molecule has 0 spiro atoms. The van der Waals surface area contributed by atoms with Gasteiger partial charge >= 0.3 is 30.0 Å². The van der Waals surface area contributed by atoms with E-state index in [9.17, 15) is 40.7 Å². The number of fused-ring (bicyclic) bond motifs is 1. The van der Waals surface area contributed by atoms with Gasteiger partial charge in [-0.3, -0.25) is 14.5 Å². The number of ether oxygens (including phenoxy) is 1. The monoisotopic (exact) mass is 820 g/mol. The lowest BCUT2D eigenvalue weighted by molar-refractivity contribution is -0.166. The Hall–Kier alpha value is -4.30. The van der Waals surface area contributed by atoms with Gasteiger partial charge in [0.2, 0.25) is 5.91 Å². The number of likely N-dealkylation sites (tertiary alicyclic amines) is 1. The number of urea groups is 1. The van der Waals surface area contributed by atoms with Crippen molar-refractivity contribution in [3.8, 4) is 11.8 Å². The van der Waals surface area contributed by atoms with Crippen LogP contribution >= 0.6 is 11.8 Å². The first kappa shape index (κ1) is 42.3. The summed E-state index contributed by atoms with van der Waals surface area (Å²) in [6.07, 6.45) is -3.31. The van der Waals surface area contributed by atoms with Crippen LogP contribution in [-0.4, -0.2) is 72.3 Å². The van der Waals surface area contributed by atoms with Crippen molar-refractivity contribution < 1.29 is 45.5 Å². The first-order valence-corrected chi connectivity index (χ1v) is 20.3. The fraction of sp³-hybridized carbons (Fsp3) is 0.575. The van der Waals surface area contributed by atoms with Crippen molar-refractivity contribution >= 4 is 29.7 Å². The highest BCUT2D eigenvalue weighted by atomic mass is 32.2. The van der Waals surface area contributed by atoms with Gasteiger partial charge in [-0.25, -0.2) is 4.79 Å². The number of nitrogens with zero attached hydrogens (tertiary/aromatic N) is 3. The molecule has 3 unspecified atom stereocenters. The minimum atomic E-state index is -4.70. The van der Waals surface area contributed by atoms with Gasteiger partial charge in [-0.05, 0) is 67.7 Å². The number of benzene rings is 2. The zero-order valence-electron chi connectivity index (χ0n) is 31.4. The van der Waals surface area contributed by atoms with Crippen LogP contribution in [-0.2, 0) is 26.2 Å². The van der Waals surface area contributed by atoms with Crippen LogP contribution in [0.25, 0.3) is 0 Å². The molecule has 3 saturated heterocycles. The molecule has 0 aliphatic carbocycles. The normalized spacial score (nSPS) is 24.4. The molecule has 308 valence electrons. The number of hydrogen-bond acceptors (Lipinski definition) is 8. The number of thioether (sulfide) groups is 1. The third-order valence-electron chi connectivity index (χ3n) is 11.1. The van der Waals surface area contributed by atoms with Gasteiger partial charge in [0.15, 0.2) is 0 Å². The topological polar surface area (TPSA) is 124 Å². The van der Waals surface area contributed by atoms with E-state index in [1.165, 1.54) is 31.4 Å². The Kier molecular flexibility index (Phi) is 13.4. The molecule has 0 aromatic heterocycles. The molecule has 2 aromatic rings. The standard InChI is InChI=1S/C40H46F6N6O4S/c1-56-35(54)23-25-19-21-52(32(22-25)27-13-17-29(18-14-27)39(41,42)43)31(26-11-15-28(16-12-26)38(50-51-38)40(44,45)46)8-4-2-3-7-20-47-34(53)10-6-5-9-33-36-30(24-57-33)48-37(55)49-36/h11-18,25,30-33,36H,2-3,5-7,9-10,19-24H2,1H3,(H,47,53)(H2,48,49,55)/t25?,30-,31?,32?,33-,36-/m0/s1. The average Bonchev–Trinajstić information content (AvgIpc) is 3.82. The number of unbranched alkanes of at least 4 members (excludes halogenated alkanes) is 3. The molecule has 4 aliphatic rings.